The molecule has 1 aliphatic heterocycles. The van der Waals surface area contributed by atoms with Gasteiger partial charge in [-0.1, -0.05) is 52.3 Å². The molecule has 1 N–H and O–H groups in total. The standard InChI is InChI=1S/C23H29BrN2O/c1-16-10-9-15-26(16)23(3,4)21(18-11-6-5-7-12-18)25-22(27)19-13-8-14-20(24)17(19)2/h5-8,11-14,16,21H,9-10,15H2,1-4H3,(H,25,27). The first kappa shape index (κ1) is 20.1. The number of benzene rings is 2. The van der Waals surface area contributed by atoms with Crippen molar-refractivity contribution in [3.05, 3.63) is 69.7 Å². The molecule has 1 saturated heterocycles. The van der Waals surface area contributed by atoms with Gasteiger partial charge >= 0.3 is 0 Å². The number of carbonyl (C=O) groups is 1. The van der Waals surface area contributed by atoms with Gasteiger partial charge in [0.2, 0.25) is 0 Å². The molecule has 0 saturated carbocycles. The summed E-state index contributed by atoms with van der Waals surface area (Å²) in [5.41, 5.74) is 2.64. The fourth-order valence-electron chi connectivity index (χ4n) is 4.33. The van der Waals surface area contributed by atoms with Crippen molar-refractivity contribution in [2.45, 2.75) is 58.2 Å². The summed E-state index contributed by atoms with van der Waals surface area (Å²) >= 11 is 3.54. The van der Waals surface area contributed by atoms with Crippen molar-refractivity contribution >= 4 is 21.8 Å². The van der Waals surface area contributed by atoms with Crippen LogP contribution in [0, 0.1) is 6.92 Å². The summed E-state index contributed by atoms with van der Waals surface area (Å²) in [5, 5.41) is 3.35. The number of nitrogens with one attached hydrogen (secondary N) is 1. The third-order valence-corrected chi connectivity index (χ3v) is 6.78. The Labute approximate surface area is 171 Å². The Morgan fingerprint density at radius 1 is 1.19 bits per heavy atom. The van der Waals surface area contributed by atoms with Crippen molar-refractivity contribution < 1.29 is 4.79 Å². The minimum absolute atomic E-state index is 0.0254. The molecule has 1 aliphatic rings. The van der Waals surface area contributed by atoms with Crippen molar-refractivity contribution in [2.75, 3.05) is 6.54 Å². The van der Waals surface area contributed by atoms with Crippen LogP contribution in [0.15, 0.2) is 53.0 Å². The van der Waals surface area contributed by atoms with Crippen molar-refractivity contribution in [1.29, 1.82) is 0 Å². The lowest BCUT2D eigenvalue weighted by Gasteiger charge is -2.45. The van der Waals surface area contributed by atoms with Gasteiger partial charge in [-0.2, -0.15) is 0 Å². The van der Waals surface area contributed by atoms with E-state index in [1.54, 1.807) is 0 Å². The highest BCUT2D eigenvalue weighted by Crippen LogP contribution is 2.36. The zero-order valence-corrected chi connectivity index (χ0v) is 18.2. The summed E-state index contributed by atoms with van der Waals surface area (Å²) in [6, 6.07) is 16.5. The van der Waals surface area contributed by atoms with Crippen LogP contribution in [-0.4, -0.2) is 28.9 Å². The number of halogens is 1. The smallest absolute Gasteiger partial charge is 0.252 e. The lowest BCUT2D eigenvalue weighted by molar-refractivity contribution is 0.0632. The summed E-state index contributed by atoms with van der Waals surface area (Å²) in [7, 11) is 0. The molecule has 0 aromatic heterocycles. The molecule has 2 aromatic rings. The number of hydrogen-bond donors (Lipinski definition) is 1. The number of carbonyl (C=O) groups excluding carboxylic acids is 1. The molecule has 2 aromatic carbocycles. The first-order valence-electron chi connectivity index (χ1n) is 9.70. The molecule has 27 heavy (non-hydrogen) atoms. The van der Waals surface area contributed by atoms with E-state index >= 15 is 0 Å². The van der Waals surface area contributed by atoms with E-state index in [0.717, 1.165) is 27.7 Å². The summed E-state index contributed by atoms with van der Waals surface area (Å²) in [6.07, 6.45) is 2.43. The number of rotatable bonds is 5. The van der Waals surface area contributed by atoms with Crippen LogP contribution in [0.1, 0.15) is 61.1 Å². The highest BCUT2D eigenvalue weighted by molar-refractivity contribution is 9.10. The minimum atomic E-state index is -0.188. The van der Waals surface area contributed by atoms with Crippen LogP contribution in [0.25, 0.3) is 0 Å². The number of nitrogens with zero attached hydrogens (tertiary/aromatic N) is 1. The first-order valence-corrected chi connectivity index (χ1v) is 10.5. The second-order valence-electron chi connectivity index (χ2n) is 8.07. The number of likely N-dealkylation sites (tertiary alicyclic amines) is 1. The van der Waals surface area contributed by atoms with Gasteiger partial charge in [-0.15, -0.1) is 0 Å². The normalized spacial score (nSPS) is 19.1. The molecule has 1 amide bonds. The Kier molecular flexibility index (Phi) is 6.07. The van der Waals surface area contributed by atoms with Crippen LogP contribution < -0.4 is 5.32 Å². The fourth-order valence-corrected chi connectivity index (χ4v) is 4.70. The maximum Gasteiger partial charge on any atom is 0.252 e. The summed E-state index contributed by atoms with van der Waals surface area (Å²) in [5.74, 6) is -0.0254. The van der Waals surface area contributed by atoms with Gasteiger partial charge in [0.05, 0.1) is 6.04 Å². The van der Waals surface area contributed by atoms with Gasteiger partial charge in [-0.05, 0) is 70.3 Å². The lowest BCUT2D eigenvalue weighted by Crippen LogP contribution is -2.54. The Hall–Kier alpha value is -1.65. The molecule has 0 spiro atoms. The van der Waals surface area contributed by atoms with E-state index in [1.165, 1.54) is 12.8 Å². The predicted molar refractivity (Wildman–Crippen MR) is 115 cm³/mol. The molecule has 0 bridgehead atoms. The molecule has 0 aliphatic carbocycles. The third kappa shape index (κ3) is 4.12. The zero-order chi connectivity index (χ0) is 19.6. The van der Waals surface area contributed by atoms with E-state index in [0.29, 0.717) is 6.04 Å². The number of hydrogen-bond acceptors (Lipinski definition) is 2. The minimum Gasteiger partial charge on any atom is -0.343 e. The van der Waals surface area contributed by atoms with Gasteiger partial charge in [0.25, 0.3) is 5.91 Å². The number of amides is 1. The molecule has 2 atom stereocenters. The highest BCUT2D eigenvalue weighted by Gasteiger charge is 2.41. The summed E-state index contributed by atoms with van der Waals surface area (Å²) in [6.45, 7) is 9.84. The van der Waals surface area contributed by atoms with E-state index < -0.39 is 0 Å². The van der Waals surface area contributed by atoms with Gasteiger partial charge in [0.1, 0.15) is 0 Å². The first-order chi connectivity index (χ1) is 12.8. The quantitative estimate of drug-likeness (QED) is 0.682. The van der Waals surface area contributed by atoms with E-state index in [-0.39, 0.29) is 17.5 Å². The Balaban J connectivity index is 1.96. The Morgan fingerprint density at radius 3 is 2.52 bits per heavy atom. The van der Waals surface area contributed by atoms with Crippen molar-refractivity contribution in [3.8, 4) is 0 Å². The molecule has 2 unspecified atom stereocenters. The van der Waals surface area contributed by atoms with Crippen molar-refractivity contribution in [3.63, 3.8) is 0 Å². The van der Waals surface area contributed by atoms with Crippen molar-refractivity contribution in [1.82, 2.24) is 10.2 Å². The zero-order valence-electron chi connectivity index (χ0n) is 16.6. The molecule has 3 nitrogen and oxygen atoms in total. The van der Waals surface area contributed by atoms with Gasteiger partial charge in [0, 0.05) is 21.6 Å². The maximum absolute atomic E-state index is 13.2. The SMILES string of the molecule is Cc1c(Br)cccc1C(=O)NC(c1ccccc1)C(C)(C)N1CCCC1C. The molecule has 0 radical (unpaired) electrons. The molecule has 1 heterocycles. The van der Waals surface area contributed by atoms with Crippen LogP contribution in [0.4, 0.5) is 0 Å². The van der Waals surface area contributed by atoms with Crippen LogP contribution in [0.3, 0.4) is 0 Å². The molecule has 4 heteroatoms. The maximum atomic E-state index is 13.2. The van der Waals surface area contributed by atoms with Gasteiger partial charge in [-0.3, -0.25) is 9.69 Å². The molecular formula is C23H29BrN2O. The van der Waals surface area contributed by atoms with Crippen LogP contribution in [0.5, 0.6) is 0 Å². The van der Waals surface area contributed by atoms with Crippen LogP contribution >= 0.6 is 15.9 Å². The second-order valence-corrected chi connectivity index (χ2v) is 8.92. The Morgan fingerprint density at radius 2 is 1.89 bits per heavy atom. The fraction of sp³-hybridized carbons (Fsp3) is 0.435. The second kappa shape index (κ2) is 8.15. The van der Waals surface area contributed by atoms with Crippen molar-refractivity contribution in [2.24, 2.45) is 0 Å². The van der Waals surface area contributed by atoms with Gasteiger partial charge in [0.15, 0.2) is 0 Å². The highest BCUT2D eigenvalue weighted by atomic mass is 79.9. The average Bonchev–Trinajstić information content (AvgIpc) is 3.09. The molecular weight excluding hydrogens is 400 g/mol. The molecule has 1 fully saturated rings. The van der Waals surface area contributed by atoms with Crippen LogP contribution in [-0.2, 0) is 0 Å². The predicted octanol–water partition coefficient (Wildman–Crippen LogP) is 5.49. The van der Waals surface area contributed by atoms with E-state index in [4.69, 9.17) is 0 Å². The van der Waals surface area contributed by atoms with E-state index in [2.05, 4.69) is 59.1 Å². The lowest BCUT2D eigenvalue weighted by atomic mass is 9.86. The van der Waals surface area contributed by atoms with Gasteiger partial charge in [-0.25, -0.2) is 0 Å². The largest absolute Gasteiger partial charge is 0.343 e. The Bertz CT molecular complexity index is 803. The summed E-state index contributed by atoms with van der Waals surface area (Å²) < 4.78 is 0.957. The third-order valence-electron chi connectivity index (χ3n) is 5.92. The van der Waals surface area contributed by atoms with E-state index in [1.807, 2.05) is 43.3 Å². The summed E-state index contributed by atoms with van der Waals surface area (Å²) in [4.78, 5) is 15.7. The average molecular weight is 429 g/mol. The van der Waals surface area contributed by atoms with Gasteiger partial charge < -0.3 is 5.32 Å². The topological polar surface area (TPSA) is 32.3 Å². The van der Waals surface area contributed by atoms with E-state index in [9.17, 15) is 4.79 Å². The molecule has 3 rings (SSSR count). The van der Waals surface area contributed by atoms with Crippen LogP contribution in [0.2, 0.25) is 0 Å². The monoisotopic (exact) mass is 428 g/mol. The molecule has 144 valence electrons.